The van der Waals surface area contributed by atoms with Crippen molar-refractivity contribution in [3.05, 3.63) is 155 Å². The van der Waals surface area contributed by atoms with Crippen LogP contribution in [0.2, 0.25) is 0 Å². The van der Waals surface area contributed by atoms with E-state index in [4.69, 9.17) is 44.0 Å². The molecule has 6 heterocycles. The number of rotatable bonds is 21. The van der Waals surface area contributed by atoms with Crippen LogP contribution in [0, 0.1) is 44.1 Å². The number of aliphatic hydroxyl groups excluding tert-OH is 5. The zero-order valence-corrected chi connectivity index (χ0v) is 57.6. The molecule has 2 saturated heterocycles. The second kappa shape index (κ2) is 35.0. The molecule has 4 aromatic heterocycles. The number of anilines is 2. The van der Waals surface area contributed by atoms with E-state index < -0.39 is 104 Å². The summed E-state index contributed by atoms with van der Waals surface area (Å²) in [6, 6.07) is 32.6. The van der Waals surface area contributed by atoms with Gasteiger partial charge in [-0.1, -0.05) is 48.5 Å². The van der Waals surface area contributed by atoms with E-state index in [2.05, 4.69) is 46.0 Å². The average molecular weight is 1390 g/mol. The number of nitrogens with one attached hydrogen (secondary N) is 1. The fourth-order valence-corrected chi connectivity index (χ4v) is 14.0. The molecule has 0 saturated carbocycles. The molecule has 2 unspecified atom stereocenters. The van der Waals surface area contributed by atoms with Crippen molar-refractivity contribution in [3.8, 4) is 23.6 Å². The minimum atomic E-state index is -4.34. The number of esters is 2. The van der Waals surface area contributed by atoms with Gasteiger partial charge in [0.2, 0.25) is 11.2 Å². The number of non-ortho nitro benzene ring substituents is 1. The zero-order chi connectivity index (χ0) is 68.0. The van der Waals surface area contributed by atoms with Crippen molar-refractivity contribution >= 4 is 78.5 Å². The second-order valence-corrected chi connectivity index (χ2v) is 26.7. The number of hydrogen-bond acceptors (Lipinski definition) is 27. The van der Waals surface area contributed by atoms with E-state index in [0.717, 1.165) is 5.56 Å². The van der Waals surface area contributed by atoms with Crippen LogP contribution >= 0.6 is 15.1 Å². The smallest absolute Gasteiger partial charge is 1.00 e. The Morgan fingerprint density at radius 3 is 1.62 bits per heavy atom. The topological polar surface area (TPSA) is 484 Å². The van der Waals surface area contributed by atoms with Gasteiger partial charge in [0.1, 0.15) is 89.5 Å². The first-order chi connectivity index (χ1) is 43.4. The normalized spacial score (nSPS) is 21.6. The van der Waals surface area contributed by atoms with Crippen LogP contribution < -0.4 is 44.2 Å². The summed E-state index contributed by atoms with van der Waals surface area (Å²) in [7, 11) is -7.72. The summed E-state index contributed by atoms with van der Waals surface area (Å²) >= 11 is 0. The number of fused-ring (bicyclic) bond motifs is 2. The van der Waals surface area contributed by atoms with Crippen molar-refractivity contribution in [3.63, 3.8) is 0 Å². The maximum absolute atomic E-state index is 13.9. The monoisotopic (exact) mass is 1390 g/mol. The summed E-state index contributed by atoms with van der Waals surface area (Å²) in [5.41, 5.74) is 6.98. The molecule has 9 rings (SSSR count). The maximum atomic E-state index is 13.9. The first-order valence-electron chi connectivity index (χ1n) is 28.5. The van der Waals surface area contributed by atoms with E-state index in [-0.39, 0.29) is 107 Å². The Morgan fingerprint density at radius 2 is 1.18 bits per heavy atom. The number of nitrogen functional groups attached to an aromatic ring is 2. The Hall–Kier alpha value is -7.46. The van der Waals surface area contributed by atoms with E-state index in [1.807, 2.05) is 42.5 Å². The number of ether oxygens (including phenoxy) is 4. The molecule has 2 aliphatic rings. The summed E-state index contributed by atoms with van der Waals surface area (Å²) < 4.78 is 68.7. The Bertz CT molecular complexity index is 3850. The van der Waals surface area contributed by atoms with E-state index in [1.54, 1.807) is 58.0 Å². The van der Waals surface area contributed by atoms with Crippen molar-refractivity contribution in [1.29, 1.82) is 10.5 Å². The number of nitro benzene ring substituents is 1. The number of halogens is 1. The van der Waals surface area contributed by atoms with Crippen molar-refractivity contribution in [2.45, 2.75) is 122 Å². The van der Waals surface area contributed by atoms with Gasteiger partial charge in [0.15, 0.2) is 11.6 Å². The molecule has 10 atom stereocenters. The van der Waals surface area contributed by atoms with Crippen LogP contribution in [0.15, 0.2) is 122 Å². The number of nitrogens with two attached hydrogens (primary N) is 2. The van der Waals surface area contributed by atoms with Crippen LogP contribution in [0.5, 0.6) is 11.5 Å². The van der Waals surface area contributed by atoms with Gasteiger partial charge in [-0.3, -0.25) is 28.8 Å². The molecular weight excluding hydrogens is 1310 g/mol. The number of hydrogen-bond donors (Lipinski definition) is 9. The van der Waals surface area contributed by atoms with Crippen LogP contribution in [-0.2, 0) is 59.6 Å². The number of nitro groups is 1. The van der Waals surface area contributed by atoms with Gasteiger partial charge in [0, 0.05) is 12.1 Å². The molecule has 95 heavy (non-hydrogen) atoms. The number of nitriles is 2. The van der Waals surface area contributed by atoms with Gasteiger partial charge in [0.25, 0.3) is 13.1 Å². The first kappa shape index (κ1) is 81.8. The molecule has 0 amide bonds. The standard InChI is InChI=1S/C24H29N6O8P.C20H24NO6P.C12H13N5O4.C4H9.ClH.Mg.H3N/c1-4-35-22(33)23(2,3)29-39(34,38-15-8-6-5-7-9-15)36-12-17-19(31)20(32)24(13-25,37-17)18-11-10-16-21(26)27-14-28-30(16)18;1-4-26-19(22)20(2,3)15-28(25,14-16-8-6-5-7-9-16)27-18-12-10-17(11-13-18)21(23)24;13-4-12(10(20)9(19)7(3-18)21-12)8-2-1-6-11(14)15-5-16-17(6)8;1-4(2)3;;;/h5-11,14,17,19-20,31-32H,4,12H2,1-3H3,(H,29,34)(H2,26,27,28);5-13H,4,14-15H2,1-3H3;1-2,5,7,9-10,18-20H,3H2,(H2,14,15,16);1-3H3;1H;;1H3/q;;;-1;;+2;/p-1/t17-,19-,20-,24+,39?;;7-,9-,10-,12+;;;;/m1.1..../s1. The van der Waals surface area contributed by atoms with Crippen molar-refractivity contribution < 1.29 is 94.1 Å². The van der Waals surface area contributed by atoms with Gasteiger partial charge in [-0.2, -0.15) is 46.6 Å². The van der Waals surface area contributed by atoms with E-state index in [0.29, 0.717) is 11.0 Å². The minimum Gasteiger partial charge on any atom is -1.00 e. The van der Waals surface area contributed by atoms with Crippen molar-refractivity contribution in [2.75, 3.05) is 44.1 Å². The molecule has 13 N–H and O–H groups in total. The van der Waals surface area contributed by atoms with Gasteiger partial charge >= 0.3 is 42.7 Å². The first-order valence-corrected chi connectivity index (χ1v) is 32.1. The summed E-state index contributed by atoms with van der Waals surface area (Å²) in [5.74, 6) is 1.02. The maximum Gasteiger partial charge on any atom is 2.00 e. The Balaban J connectivity index is 0.000000370. The molecule has 7 aromatic rings. The molecule has 31 nitrogen and oxygen atoms in total. The molecular formula is C60H78ClMgN13O18P2. The summed E-state index contributed by atoms with van der Waals surface area (Å²) in [6.07, 6.45) is -6.23. The number of aromatic nitrogens is 6. The number of carbonyl (C=O) groups excluding carboxylic acids is 2. The van der Waals surface area contributed by atoms with E-state index >= 15 is 0 Å². The number of aliphatic hydroxyl groups is 5. The third kappa shape index (κ3) is 19.6. The SMILES string of the molecule is CCOC(=O)C(C)(C)CP(=O)(Cc1ccccc1)Oc1ccc([N+](=O)[O-])cc1.CCOC(=O)C(C)(C)NP(=O)(OC[C@H]1O[C@@](C#N)(c2ccc3c(N)ncnn23)[C@H](O)[C@@H]1O)Oc1ccccc1.C[C-](C)C.N.N#C[C@@]1(c2ccc3c(N)ncnn23)O[C@H](CO)[C@@H](O)[C@H]1O.[Cl-].[Mg+2]. The molecule has 3 aromatic carbocycles. The molecule has 0 aliphatic carbocycles. The largest absolute Gasteiger partial charge is 2.00 e. The predicted octanol–water partition coefficient (Wildman–Crippen LogP) is 2.88. The van der Waals surface area contributed by atoms with E-state index in [9.17, 15) is 64.9 Å². The van der Waals surface area contributed by atoms with Gasteiger partial charge in [-0.25, -0.2) is 23.6 Å². The molecule has 0 radical (unpaired) electrons. The number of nitrogens with zero attached hydrogens (tertiary/aromatic N) is 9. The Kier molecular flexibility index (Phi) is 30.1. The second-order valence-electron chi connectivity index (χ2n) is 22.6. The number of benzene rings is 3. The van der Waals surface area contributed by atoms with Crippen LogP contribution in [0.4, 0.5) is 17.3 Å². The van der Waals surface area contributed by atoms with Gasteiger partial charge in [0.05, 0.1) is 60.5 Å². The van der Waals surface area contributed by atoms with Crippen LogP contribution in [0.3, 0.4) is 0 Å². The predicted molar refractivity (Wildman–Crippen MR) is 343 cm³/mol. The fraction of sp³-hybridized carbons (Fsp3) is 0.417. The molecule has 2 fully saturated rings. The van der Waals surface area contributed by atoms with Gasteiger partial charge in [-0.05, 0) is 95.6 Å². The average Bonchev–Trinajstić information content (AvgIpc) is 1.60. The molecule has 0 bridgehead atoms. The Labute approximate surface area is 570 Å². The van der Waals surface area contributed by atoms with Crippen LogP contribution in [0.25, 0.3) is 11.0 Å². The molecule has 35 heteroatoms. The van der Waals surface area contributed by atoms with Gasteiger partial charge in [-0.15, -0.1) is 0 Å². The minimum absolute atomic E-state index is 0. The van der Waals surface area contributed by atoms with Crippen LogP contribution in [0.1, 0.15) is 79.3 Å². The quantitative estimate of drug-likeness (QED) is 0.0125. The van der Waals surface area contributed by atoms with Gasteiger partial charge < -0.3 is 89.5 Å². The third-order valence-corrected chi connectivity index (χ3v) is 18.2. The molecule has 0 spiro atoms. The molecule has 510 valence electrons. The summed E-state index contributed by atoms with van der Waals surface area (Å²) in [5, 5.41) is 92.1. The van der Waals surface area contributed by atoms with E-state index in [1.165, 1.54) is 90.0 Å². The van der Waals surface area contributed by atoms with Crippen LogP contribution in [-0.4, -0.2) is 169 Å². The molecule has 2 aliphatic heterocycles. The zero-order valence-electron chi connectivity index (χ0n) is 53.7. The summed E-state index contributed by atoms with van der Waals surface area (Å²) in [6.45, 7) is 15.0. The number of para-hydroxylation sites is 1. The number of carbonyl (C=O) groups is 2. The summed E-state index contributed by atoms with van der Waals surface area (Å²) in [4.78, 5) is 42.8. The fourth-order valence-electron chi connectivity index (χ4n) is 9.48. The Morgan fingerprint density at radius 1 is 0.737 bits per heavy atom. The van der Waals surface area contributed by atoms with Crippen molar-refractivity contribution in [1.82, 2.24) is 40.4 Å². The van der Waals surface area contributed by atoms with Crippen molar-refractivity contribution in [2.24, 2.45) is 5.41 Å². The third-order valence-electron chi connectivity index (χ3n) is 13.8.